The second-order valence-corrected chi connectivity index (χ2v) is 7.91. The van der Waals surface area contributed by atoms with Crippen LogP contribution in [-0.4, -0.2) is 29.6 Å². The van der Waals surface area contributed by atoms with Crippen LogP contribution in [0.25, 0.3) is 0 Å². The van der Waals surface area contributed by atoms with E-state index in [1.165, 1.54) is 77.2 Å². The van der Waals surface area contributed by atoms with Gasteiger partial charge in [-0.25, -0.2) is 0 Å². The van der Waals surface area contributed by atoms with Gasteiger partial charge in [0.05, 0.1) is 0 Å². The molecule has 0 spiro atoms. The Hall–Kier alpha value is -0.0800. The molecule has 4 atom stereocenters. The van der Waals surface area contributed by atoms with E-state index in [2.05, 4.69) is 11.8 Å². The predicted octanol–water partition coefficient (Wildman–Crippen LogP) is 3.94. The van der Waals surface area contributed by atoms with E-state index in [0.29, 0.717) is 5.54 Å². The van der Waals surface area contributed by atoms with Gasteiger partial charge in [0, 0.05) is 18.1 Å². The highest BCUT2D eigenvalue weighted by molar-refractivity contribution is 5.00. The van der Waals surface area contributed by atoms with Crippen LogP contribution in [0.15, 0.2) is 0 Å². The highest BCUT2D eigenvalue weighted by Crippen LogP contribution is 2.43. The first-order valence-electron chi connectivity index (χ1n) is 9.22. The van der Waals surface area contributed by atoms with Gasteiger partial charge >= 0.3 is 0 Å². The van der Waals surface area contributed by atoms with E-state index in [4.69, 9.17) is 5.73 Å². The van der Waals surface area contributed by atoms with Crippen molar-refractivity contribution in [1.29, 1.82) is 0 Å². The number of nitrogens with two attached hydrogens (primary N) is 1. The molecule has 0 aromatic heterocycles. The molecule has 2 heteroatoms. The van der Waals surface area contributed by atoms with Gasteiger partial charge in [0.1, 0.15) is 0 Å². The maximum Gasteiger partial charge on any atom is 0.0334 e. The first kappa shape index (κ1) is 14.8. The Morgan fingerprint density at radius 2 is 1.75 bits per heavy atom. The van der Waals surface area contributed by atoms with Gasteiger partial charge in [0.25, 0.3) is 0 Å². The monoisotopic (exact) mass is 278 g/mol. The van der Waals surface area contributed by atoms with Gasteiger partial charge in [-0.05, 0) is 63.3 Å². The molecule has 20 heavy (non-hydrogen) atoms. The van der Waals surface area contributed by atoms with Crippen molar-refractivity contribution in [1.82, 2.24) is 4.90 Å². The van der Waals surface area contributed by atoms with E-state index in [9.17, 15) is 0 Å². The van der Waals surface area contributed by atoms with Crippen LogP contribution in [0.4, 0.5) is 0 Å². The largest absolute Gasteiger partial charge is 0.329 e. The number of nitrogens with zero attached hydrogens (tertiary/aromatic N) is 1. The van der Waals surface area contributed by atoms with Crippen molar-refractivity contribution in [2.75, 3.05) is 13.1 Å². The summed E-state index contributed by atoms with van der Waals surface area (Å²) in [6, 6.07) is 0.870. The minimum Gasteiger partial charge on any atom is -0.329 e. The molecule has 3 fully saturated rings. The SMILES string of the molecule is CC1CCCC(CN)(N2CCC[C@H]3CCCC[C@H]32)CC1. The minimum absolute atomic E-state index is 0.353. The molecule has 0 aromatic carbocycles. The molecule has 2 unspecified atom stereocenters. The van der Waals surface area contributed by atoms with Crippen LogP contribution in [0.3, 0.4) is 0 Å². The number of hydrogen-bond acceptors (Lipinski definition) is 2. The fraction of sp³-hybridized carbons (Fsp3) is 1.00. The summed E-state index contributed by atoms with van der Waals surface area (Å²) in [6.45, 7) is 4.65. The van der Waals surface area contributed by atoms with E-state index in [-0.39, 0.29) is 0 Å². The molecule has 0 bridgehead atoms. The molecule has 1 aliphatic heterocycles. The molecule has 3 rings (SSSR count). The Kier molecular flexibility index (Phi) is 4.72. The third-order valence-corrected chi connectivity index (χ3v) is 6.67. The van der Waals surface area contributed by atoms with E-state index < -0.39 is 0 Å². The first-order chi connectivity index (χ1) is 9.75. The molecule has 2 saturated carbocycles. The average Bonchev–Trinajstić information content (AvgIpc) is 2.69. The normalized spacial score (nSPS) is 43.8. The number of likely N-dealkylation sites (tertiary alicyclic amines) is 1. The van der Waals surface area contributed by atoms with Crippen molar-refractivity contribution in [3.8, 4) is 0 Å². The minimum atomic E-state index is 0.353. The van der Waals surface area contributed by atoms with E-state index >= 15 is 0 Å². The molecule has 2 aliphatic carbocycles. The maximum absolute atomic E-state index is 6.36. The predicted molar refractivity (Wildman–Crippen MR) is 85.7 cm³/mol. The van der Waals surface area contributed by atoms with Crippen molar-refractivity contribution < 1.29 is 0 Å². The molecule has 116 valence electrons. The van der Waals surface area contributed by atoms with Crippen molar-refractivity contribution in [3.05, 3.63) is 0 Å². The fourth-order valence-electron chi connectivity index (χ4n) is 5.39. The number of rotatable bonds is 2. The quantitative estimate of drug-likeness (QED) is 0.775. The lowest BCUT2D eigenvalue weighted by molar-refractivity contribution is -0.0335. The summed E-state index contributed by atoms with van der Waals surface area (Å²) in [6.07, 6.45) is 15.7. The van der Waals surface area contributed by atoms with Gasteiger partial charge in [-0.2, -0.15) is 0 Å². The van der Waals surface area contributed by atoms with Crippen LogP contribution in [0.5, 0.6) is 0 Å². The van der Waals surface area contributed by atoms with Crippen LogP contribution < -0.4 is 5.73 Å². The summed E-state index contributed by atoms with van der Waals surface area (Å²) in [5.41, 5.74) is 6.72. The summed E-state index contributed by atoms with van der Waals surface area (Å²) >= 11 is 0. The molecule has 0 amide bonds. The molecule has 1 saturated heterocycles. The van der Waals surface area contributed by atoms with Gasteiger partial charge in [0.2, 0.25) is 0 Å². The first-order valence-corrected chi connectivity index (χ1v) is 9.22. The molecule has 0 radical (unpaired) electrons. The molecule has 2 nitrogen and oxygen atoms in total. The molecule has 2 N–H and O–H groups in total. The van der Waals surface area contributed by atoms with Crippen LogP contribution in [0, 0.1) is 11.8 Å². The zero-order valence-corrected chi connectivity index (χ0v) is 13.4. The van der Waals surface area contributed by atoms with Gasteiger partial charge in [0.15, 0.2) is 0 Å². The van der Waals surface area contributed by atoms with Crippen LogP contribution in [0.1, 0.15) is 77.6 Å². The highest BCUT2D eigenvalue weighted by atomic mass is 15.2. The number of hydrogen-bond donors (Lipinski definition) is 1. The Morgan fingerprint density at radius 1 is 0.950 bits per heavy atom. The van der Waals surface area contributed by atoms with Crippen LogP contribution >= 0.6 is 0 Å². The lowest BCUT2D eigenvalue weighted by atomic mass is 9.74. The molecule has 3 aliphatic rings. The van der Waals surface area contributed by atoms with Crippen molar-refractivity contribution in [2.45, 2.75) is 89.1 Å². The zero-order valence-electron chi connectivity index (χ0n) is 13.4. The second-order valence-electron chi connectivity index (χ2n) is 7.91. The zero-order chi connectivity index (χ0) is 14.0. The maximum atomic E-state index is 6.36. The van der Waals surface area contributed by atoms with Gasteiger partial charge in [-0.15, -0.1) is 0 Å². The van der Waals surface area contributed by atoms with Crippen molar-refractivity contribution in [3.63, 3.8) is 0 Å². The van der Waals surface area contributed by atoms with E-state index in [1.807, 2.05) is 0 Å². The Labute approximate surface area is 125 Å². The average molecular weight is 278 g/mol. The van der Waals surface area contributed by atoms with Gasteiger partial charge in [-0.3, -0.25) is 4.90 Å². The molecular formula is C18H34N2. The lowest BCUT2D eigenvalue weighted by Crippen LogP contribution is -2.61. The van der Waals surface area contributed by atoms with E-state index in [0.717, 1.165) is 24.4 Å². The summed E-state index contributed by atoms with van der Waals surface area (Å²) in [5.74, 6) is 1.90. The summed E-state index contributed by atoms with van der Waals surface area (Å²) < 4.78 is 0. The lowest BCUT2D eigenvalue weighted by Gasteiger charge is -2.54. The topological polar surface area (TPSA) is 29.3 Å². The summed E-state index contributed by atoms with van der Waals surface area (Å²) in [5, 5.41) is 0. The third kappa shape index (κ3) is 2.78. The van der Waals surface area contributed by atoms with Crippen LogP contribution in [-0.2, 0) is 0 Å². The number of fused-ring (bicyclic) bond motifs is 1. The molecule has 1 heterocycles. The highest BCUT2D eigenvalue weighted by Gasteiger charge is 2.44. The number of piperidine rings is 1. The summed E-state index contributed by atoms with van der Waals surface area (Å²) in [7, 11) is 0. The van der Waals surface area contributed by atoms with Crippen molar-refractivity contribution >= 4 is 0 Å². The smallest absolute Gasteiger partial charge is 0.0334 e. The van der Waals surface area contributed by atoms with Crippen LogP contribution in [0.2, 0.25) is 0 Å². The van der Waals surface area contributed by atoms with E-state index in [1.54, 1.807) is 0 Å². The second kappa shape index (κ2) is 6.36. The van der Waals surface area contributed by atoms with Gasteiger partial charge in [-0.1, -0.05) is 32.6 Å². The van der Waals surface area contributed by atoms with Crippen molar-refractivity contribution in [2.24, 2.45) is 17.6 Å². The fourth-order valence-corrected chi connectivity index (χ4v) is 5.39. The molecule has 0 aromatic rings. The Balaban J connectivity index is 1.79. The third-order valence-electron chi connectivity index (χ3n) is 6.67. The summed E-state index contributed by atoms with van der Waals surface area (Å²) in [4.78, 5) is 2.93. The molecular weight excluding hydrogens is 244 g/mol. The standard InChI is InChI=1S/C18H34N2/c1-15-6-4-11-18(14-19,12-10-15)20-13-5-8-16-7-2-3-9-17(16)20/h15-17H,2-14,19H2,1H3/t15?,16-,17-,18?/m1/s1. The van der Waals surface area contributed by atoms with Gasteiger partial charge < -0.3 is 5.73 Å². The Morgan fingerprint density at radius 3 is 2.60 bits per heavy atom. The Bertz CT molecular complexity index is 315.